The SMILES string of the molecule is C[C@@H]1C[C@@H](C)CN(c2nccc3c2C(=O)OC3(C)C)C1. The molecule has 0 radical (unpaired) electrons. The maximum absolute atomic E-state index is 12.2. The molecule has 20 heavy (non-hydrogen) atoms. The van der Waals surface area contributed by atoms with Crippen LogP contribution in [0.4, 0.5) is 5.82 Å². The fourth-order valence-electron chi connectivity index (χ4n) is 3.57. The van der Waals surface area contributed by atoms with Crippen molar-refractivity contribution in [2.24, 2.45) is 11.8 Å². The van der Waals surface area contributed by atoms with Crippen LogP contribution in [0.25, 0.3) is 0 Å². The average Bonchev–Trinajstić information content (AvgIpc) is 2.59. The molecule has 1 aromatic heterocycles. The molecule has 0 amide bonds. The summed E-state index contributed by atoms with van der Waals surface area (Å²) in [6.45, 7) is 10.3. The molecule has 3 rings (SSSR count). The number of carbonyl (C=O) groups excluding carboxylic acids is 1. The summed E-state index contributed by atoms with van der Waals surface area (Å²) in [6.07, 6.45) is 3.03. The van der Waals surface area contributed by atoms with Crippen LogP contribution < -0.4 is 4.90 Å². The molecule has 108 valence electrons. The number of ether oxygens (including phenoxy) is 1. The molecule has 3 heterocycles. The third-order valence-electron chi connectivity index (χ3n) is 4.30. The Labute approximate surface area is 120 Å². The van der Waals surface area contributed by atoms with Gasteiger partial charge in [-0.25, -0.2) is 9.78 Å². The van der Waals surface area contributed by atoms with Gasteiger partial charge in [0.2, 0.25) is 0 Å². The van der Waals surface area contributed by atoms with Crippen LogP contribution in [0.1, 0.15) is 50.0 Å². The van der Waals surface area contributed by atoms with Crippen molar-refractivity contribution in [1.82, 2.24) is 4.98 Å². The first-order chi connectivity index (χ1) is 9.38. The second kappa shape index (κ2) is 4.47. The number of fused-ring (bicyclic) bond motifs is 1. The van der Waals surface area contributed by atoms with Crippen LogP contribution in [0, 0.1) is 11.8 Å². The predicted molar refractivity (Wildman–Crippen MR) is 77.8 cm³/mol. The molecule has 0 aliphatic carbocycles. The number of piperidine rings is 1. The molecule has 0 unspecified atom stereocenters. The zero-order valence-corrected chi connectivity index (χ0v) is 12.6. The molecule has 0 saturated carbocycles. The van der Waals surface area contributed by atoms with Crippen LogP contribution in [0.5, 0.6) is 0 Å². The second-order valence-electron chi connectivity index (χ2n) is 6.81. The van der Waals surface area contributed by atoms with E-state index in [1.807, 2.05) is 19.9 Å². The number of carbonyl (C=O) groups is 1. The smallest absolute Gasteiger partial charge is 0.343 e. The van der Waals surface area contributed by atoms with Crippen LogP contribution >= 0.6 is 0 Å². The van der Waals surface area contributed by atoms with Crippen molar-refractivity contribution in [2.75, 3.05) is 18.0 Å². The fraction of sp³-hybridized carbons (Fsp3) is 0.625. The van der Waals surface area contributed by atoms with E-state index in [1.54, 1.807) is 6.20 Å². The maximum atomic E-state index is 12.2. The van der Waals surface area contributed by atoms with Crippen LogP contribution in [-0.4, -0.2) is 24.0 Å². The normalized spacial score (nSPS) is 28.2. The standard InChI is InChI=1S/C16H22N2O2/c1-10-7-11(2)9-18(8-10)14-13-12(5-6-17-14)16(3,4)20-15(13)19/h5-6,10-11H,7-9H2,1-4H3/t10-,11-/m1/s1. The summed E-state index contributed by atoms with van der Waals surface area (Å²) in [7, 11) is 0. The lowest BCUT2D eigenvalue weighted by atomic mass is 9.91. The minimum atomic E-state index is -0.545. The van der Waals surface area contributed by atoms with Gasteiger partial charge < -0.3 is 9.64 Å². The number of hydrogen-bond acceptors (Lipinski definition) is 4. The van der Waals surface area contributed by atoms with Crippen LogP contribution in [0.15, 0.2) is 12.3 Å². The van der Waals surface area contributed by atoms with Crippen LogP contribution in [-0.2, 0) is 10.3 Å². The number of anilines is 1. The summed E-state index contributed by atoms with van der Waals surface area (Å²) in [5, 5.41) is 0. The highest BCUT2D eigenvalue weighted by atomic mass is 16.6. The number of rotatable bonds is 1. The van der Waals surface area contributed by atoms with Gasteiger partial charge in [-0.05, 0) is 38.2 Å². The van der Waals surface area contributed by atoms with Gasteiger partial charge in [0.15, 0.2) is 0 Å². The summed E-state index contributed by atoms with van der Waals surface area (Å²) < 4.78 is 5.50. The zero-order valence-electron chi connectivity index (χ0n) is 12.6. The summed E-state index contributed by atoms with van der Waals surface area (Å²) in [4.78, 5) is 19.0. The Balaban J connectivity index is 2.04. The van der Waals surface area contributed by atoms with Crippen molar-refractivity contribution in [2.45, 2.75) is 39.7 Å². The van der Waals surface area contributed by atoms with Gasteiger partial charge in [0.05, 0.1) is 0 Å². The fourth-order valence-corrected chi connectivity index (χ4v) is 3.57. The molecule has 2 atom stereocenters. The summed E-state index contributed by atoms with van der Waals surface area (Å²) in [5.41, 5.74) is 1.08. The molecule has 4 heteroatoms. The Morgan fingerprint density at radius 1 is 1.30 bits per heavy atom. The van der Waals surface area contributed by atoms with E-state index in [4.69, 9.17) is 4.74 Å². The Kier molecular flexibility index (Phi) is 3.00. The molecule has 0 spiro atoms. The minimum absolute atomic E-state index is 0.237. The largest absolute Gasteiger partial charge is 0.451 e. The lowest BCUT2D eigenvalue weighted by molar-refractivity contribution is 0.00956. The Morgan fingerprint density at radius 2 is 1.95 bits per heavy atom. The summed E-state index contributed by atoms with van der Waals surface area (Å²) >= 11 is 0. The molecule has 2 aliphatic heterocycles. The van der Waals surface area contributed by atoms with Gasteiger partial charge in [0, 0.05) is 24.8 Å². The van der Waals surface area contributed by atoms with Gasteiger partial charge in [-0.2, -0.15) is 0 Å². The summed E-state index contributed by atoms with van der Waals surface area (Å²) in [5.74, 6) is 1.82. The van der Waals surface area contributed by atoms with Gasteiger partial charge in [-0.3, -0.25) is 0 Å². The van der Waals surface area contributed by atoms with Gasteiger partial charge in [-0.15, -0.1) is 0 Å². The highest BCUT2D eigenvalue weighted by Gasteiger charge is 2.41. The number of esters is 1. The third-order valence-corrected chi connectivity index (χ3v) is 4.30. The van der Waals surface area contributed by atoms with Crippen molar-refractivity contribution < 1.29 is 9.53 Å². The van der Waals surface area contributed by atoms with Crippen molar-refractivity contribution >= 4 is 11.8 Å². The van der Waals surface area contributed by atoms with E-state index in [0.717, 1.165) is 24.5 Å². The van der Waals surface area contributed by atoms with E-state index in [1.165, 1.54) is 6.42 Å². The monoisotopic (exact) mass is 274 g/mol. The molecule has 0 N–H and O–H groups in total. The number of hydrogen-bond donors (Lipinski definition) is 0. The second-order valence-corrected chi connectivity index (χ2v) is 6.81. The maximum Gasteiger partial charge on any atom is 0.343 e. The van der Waals surface area contributed by atoms with Crippen molar-refractivity contribution in [3.8, 4) is 0 Å². The van der Waals surface area contributed by atoms with Gasteiger partial charge in [-0.1, -0.05) is 13.8 Å². The molecule has 1 aromatic rings. The first-order valence-electron chi connectivity index (χ1n) is 7.36. The van der Waals surface area contributed by atoms with E-state index in [9.17, 15) is 4.79 Å². The number of nitrogens with zero attached hydrogens (tertiary/aromatic N) is 2. The van der Waals surface area contributed by atoms with E-state index < -0.39 is 5.60 Å². The molecule has 4 nitrogen and oxygen atoms in total. The summed E-state index contributed by atoms with van der Waals surface area (Å²) in [6, 6.07) is 1.90. The van der Waals surface area contributed by atoms with Crippen LogP contribution in [0.3, 0.4) is 0 Å². The lowest BCUT2D eigenvalue weighted by Gasteiger charge is -2.36. The molecular weight excluding hydrogens is 252 g/mol. The van der Waals surface area contributed by atoms with Gasteiger partial charge >= 0.3 is 5.97 Å². The molecule has 2 aliphatic rings. The van der Waals surface area contributed by atoms with E-state index in [-0.39, 0.29) is 5.97 Å². The molecular formula is C16H22N2O2. The third kappa shape index (κ3) is 2.07. The van der Waals surface area contributed by atoms with Crippen molar-refractivity contribution in [3.05, 3.63) is 23.4 Å². The molecule has 1 saturated heterocycles. The quantitative estimate of drug-likeness (QED) is 0.738. The highest BCUT2D eigenvalue weighted by Crippen LogP contribution is 2.40. The van der Waals surface area contributed by atoms with Gasteiger partial charge in [0.25, 0.3) is 0 Å². The van der Waals surface area contributed by atoms with E-state index in [0.29, 0.717) is 17.4 Å². The minimum Gasteiger partial charge on any atom is -0.451 e. The number of cyclic esters (lactones) is 1. The lowest BCUT2D eigenvalue weighted by Crippen LogP contribution is -2.40. The molecule has 1 fully saturated rings. The van der Waals surface area contributed by atoms with Crippen molar-refractivity contribution in [3.63, 3.8) is 0 Å². The van der Waals surface area contributed by atoms with E-state index >= 15 is 0 Å². The predicted octanol–water partition coefficient (Wildman–Crippen LogP) is 2.97. The number of aromatic nitrogens is 1. The first kappa shape index (κ1) is 13.4. The zero-order chi connectivity index (χ0) is 14.5. The van der Waals surface area contributed by atoms with Crippen molar-refractivity contribution in [1.29, 1.82) is 0 Å². The highest BCUT2D eigenvalue weighted by molar-refractivity contribution is 5.99. The Morgan fingerprint density at radius 3 is 2.60 bits per heavy atom. The molecule has 0 aromatic carbocycles. The number of pyridine rings is 1. The van der Waals surface area contributed by atoms with Gasteiger partial charge in [0.1, 0.15) is 17.0 Å². The first-order valence-corrected chi connectivity index (χ1v) is 7.36. The topological polar surface area (TPSA) is 42.4 Å². The molecule has 0 bridgehead atoms. The van der Waals surface area contributed by atoms with E-state index in [2.05, 4.69) is 23.7 Å². The van der Waals surface area contributed by atoms with Crippen LogP contribution in [0.2, 0.25) is 0 Å². The average molecular weight is 274 g/mol. The Bertz CT molecular complexity index is 543. The Hall–Kier alpha value is -1.58.